The molecule has 1 atom stereocenters. The predicted octanol–water partition coefficient (Wildman–Crippen LogP) is 6.36. The number of allylic oxidation sites excluding steroid dienone is 1. The predicted molar refractivity (Wildman–Crippen MR) is 125 cm³/mol. The minimum Gasteiger partial charge on any atom is -0.510 e. The Labute approximate surface area is 212 Å². The van der Waals surface area contributed by atoms with Crippen LogP contribution in [0.4, 0.5) is 26.3 Å². The summed E-state index contributed by atoms with van der Waals surface area (Å²) in [6.07, 6.45) is -9.45. The largest absolute Gasteiger partial charge is 0.510 e. The van der Waals surface area contributed by atoms with Crippen molar-refractivity contribution in [3.63, 3.8) is 0 Å². The molecule has 0 aliphatic heterocycles. The zero-order valence-corrected chi connectivity index (χ0v) is 19.6. The standard InChI is InChI=1S/C26H20F6N2O4/c1-15(35)22(34-37)23(36)33-25(14-16-5-3-2-4-6-16,17-7-9-19(27)10-8-17)18-11-20(28)13-21(12-18)38-26(31,32)24(29)30/h2-13,24,35H,14H2,1H3,(H,33,36)/b22-15+/t25-/m1/s1. The van der Waals surface area contributed by atoms with Crippen LogP contribution in [0.15, 0.2) is 89.4 Å². The molecule has 6 nitrogen and oxygen atoms in total. The SMILES string of the molecule is C/C(O)=C(\N=O)C(=O)N[C@](Cc1ccccc1)(c1ccc(F)cc1)c1cc(F)cc(OC(F)(F)C(F)F)c1. The van der Waals surface area contributed by atoms with Crippen LogP contribution in [0.2, 0.25) is 0 Å². The number of carbonyl (C=O) groups excluding carboxylic acids is 1. The summed E-state index contributed by atoms with van der Waals surface area (Å²) in [7, 11) is 0. The number of nitrogens with zero attached hydrogens (tertiary/aromatic N) is 1. The number of carbonyl (C=O) groups is 1. The number of aliphatic hydroxyl groups excluding tert-OH is 1. The highest BCUT2D eigenvalue weighted by molar-refractivity contribution is 5.94. The topological polar surface area (TPSA) is 88.0 Å². The molecule has 0 saturated heterocycles. The lowest BCUT2D eigenvalue weighted by atomic mass is 9.77. The molecule has 12 heteroatoms. The van der Waals surface area contributed by atoms with Crippen LogP contribution in [0, 0.1) is 16.5 Å². The van der Waals surface area contributed by atoms with Crippen molar-refractivity contribution in [3.05, 3.63) is 117 Å². The number of aliphatic hydroxyl groups is 1. The molecule has 0 spiro atoms. The van der Waals surface area contributed by atoms with Crippen LogP contribution in [0.25, 0.3) is 0 Å². The molecule has 3 rings (SSSR count). The number of amides is 1. The molecule has 0 aliphatic carbocycles. The van der Waals surface area contributed by atoms with Crippen molar-refractivity contribution in [1.82, 2.24) is 5.32 Å². The van der Waals surface area contributed by atoms with Gasteiger partial charge in [0, 0.05) is 12.5 Å². The van der Waals surface area contributed by atoms with E-state index in [2.05, 4.69) is 15.2 Å². The van der Waals surface area contributed by atoms with Crippen LogP contribution in [0.1, 0.15) is 23.6 Å². The van der Waals surface area contributed by atoms with Gasteiger partial charge in [-0.25, -0.2) is 8.78 Å². The Hall–Kier alpha value is -4.35. The van der Waals surface area contributed by atoms with Crippen molar-refractivity contribution in [2.24, 2.45) is 5.18 Å². The molecule has 0 fully saturated rings. The number of ether oxygens (including phenoxy) is 1. The average Bonchev–Trinajstić information content (AvgIpc) is 2.84. The van der Waals surface area contributed by atoms with Gasteiger partial charge < -0.3 is 15.2 Å². The number of nitroso groups, excluding NO2 is 1. The second kappa shape index (κ2) is 11.4. The maximum atomic E-state index is 14.7. The Morgan fingerprint density at radius 1 is 0.974 bits per heavy atom. The lowest BCUT2D eigenvalue weighted by Crippen LogP contribution is -2.49. The summed E-state index contributed by atoms with van der Waals surface area (Å²) < 4.78 is 85.5. The van der Waals surface area contributed by atoms with Gasteiger partial charge >= 0.3 is 12.5 Å². The number of benzene rings is 3. The van der Waals surface area contributed by atoms with Crippen molar-refractivity contribution in [1.29, 1.82) is 0 Å². The van der Waals surface area contributed by atoms with Crippen LogP contribution in [-0.4, -0.2) is 23.5 Å². The van der Waals surface area contributed by atoms with Crippen molar-refractivity contribution in [3.8, 4) is 5.75 Å². The van der Waals surface area contributed by atoms with Crippen molar-refractivity contribution < 1.29 is 41.0 Å². The Morgan fingerprint density at radius 2 is 1.61 bits per heavy atom. The third kappa shape index (κ3) is 6.31. The quantitative estimate of drug-likeness (QED) is 0.136. The minimum absolute atomic E-state index is 0.0779. The average molecular weight is 538 g/mol. The van der Waals surface area contributed by atoms with E-state index in [0.717, 1.165) is 31.2 Å². The van der Waals surface area contributed by atoms with Gasteiger partial charge in [0.25, 0.3) is 5.91 Å². The summed E-state index contributed by atoms with van der Waals surface area (Å²) in [6, 6.07) is 14.7. The van der Waals surface area contributed by atoms with Gasteiger partial charge in [-0.05, 0) is 53.1 Å². The summed E-state index contributed by atoms with van der Waals surface area (Å²) >= 11 is 0. The maximum Gasteiger partial charge on any atom is 0.461 e. The number of halogens is 6. The van der Waals surface area contributed by atoms with Gasteiger partial charge in [0.05, 0.1) is 5.54 Å². The van der Waals surface area contributed by atoms with Gasteiger partial charge in [0.2, 0.25) is 5.70 Å². The normalized spacial score (nSPS) is 13.9. The third-order valence-corrected chi connectivity index (χ3v) is 5.50. The molecule has 1 amide bonds. The lowest BCUT2D eigenvalue weighted by molar-refractivity contribution is -0.253. The summed E-state index contributed by atoms with van der Waals surface area (Å²) in [5, 5.41) is 14.7. The molecule has 38 heavy (non-hydrogen) atoms. The van der Waals surface area contributed by atoms with E-state index in [-0.39, 0.29) is 17.5 Å². The van der Waals surface area contributed by atoms with Crippen molar-refractivity contribution >= 4 is 5.91 Å². The molecular formula is C26H20F6N2O4. The Balaban J connectivity index is 2.32. The Morgan fingerprint density at radius 3 is 2.16 bits per heavy atom. The third-order valence-electron chi connectivity index (χ3n) is 5.50. The second-order valence-corrected chi connectivity index (χ2v) is 8.19. The summed E-state index contributed by atoms with van der Waals surface area (Å²) in [4.78, 5) is 24.3. The molecular weight excluding hydrogens is 518 g/mol. The van der Waals surface area contributed by atoms with Crippen molar-refractivity contribution in [2.45, 2.75) is 31.4 Å². The maximum absolute atomic E-state index is 14.7. The van der Waals surface area contributed by atoms with Crippen molar-refractivity contribution in [2.75, 3.05) is 0 Å². The van der Waals surface area contributed by atoms with Crippen LogP contribution >= 0.6 is 0 Å². The number of alkyl halides is 4. The van der Waals surface area contributed by atoms with Crippen LogP contribution in [0.5, 0.6) is 5.75 Å². The van der Waals surface area contributed by atoms with Gasteiger partial charge in [0.1, 0.15) is 23.1 Å². The molecule has 200 valence electrons. The first-order valence-corrected chi connectivity index (χ1v) is 10.9. The Kier molecular flexibility index (Phi) is 8.44. The minimum atomic E-state index is -4.97. The highest BCUT2D eigenvalue weighted by Gasteiger charge is 2.45. The first-order valence-electron chi connectivity index (χ1n) is 10.9. The van der Waals surface area contributed by atoms with Gasteiger partial charge in [-0.1, -0.05) is 42.5 Å². The molecule has 0 radical (unpaired) electrons. The number of nitrogens with one attached hydrogen (secondary N) is 1. The molecule has 0 bridgehead atoms. The van der Waals surface area contributed by atoms with E-state index in [9.17, 15) is 41.2 Å². The zero-order valence-electron chi connectivity index (χ0n) is 19.6. The van der Waals surface area contributed by atoms with Gasteiger partial charge in [-0.3, -0.25) is 4.79 Å². The zero-order chi connectivity index (χ0) is 28.1. The van der Waals surface area contributed by atoms with Crippen LogP contribution in [0.3, 0.4) is 0 Å². The van der Waals surface area contributed by atoms with E-state index < -0.39 is 52.8 Å². The first-order chi connectivity index (χ1) is 17.9. The molecule has 0 aromatic heterocycles. The Bertz CT molecular complexity index is 1330. The second-order valence-electron chi connectivity index (χ2n) is 8.19. The summed E-state index contributed by atoms with van der Waals surface area (Å²) in [6.45, 7) is 1.01. The smallest absolute Gasteiger partial charge is 0.461 e. The highest BCUT2D eigenvalue weighted by Crippen LogP contribution is 2.38. The summed E-state index contributed by atoms with van der Waals surface area (Å²) in [5.74, 6) is -4.88. The molecule has 0 saturated carbocycles. The summed E-state index contributed by atoms with van der Waals surface area (Å²) in [5.41, 5.74) is -2.61. The van der Waals surface area contributed by atoms with E-state index in [1.165, 1.54) is 12.1 Å². The van der Waals surface area contributed by atoms with Crippen LogP contribution < -0.4 is 10.1 Å². The number of hydrogen-bond donors (Lipinski definition) is 2. The van der Waals surface area contributed by atoms with E-state index in [1.807, 2.05) is 0 Å². The fourth-order valence-corrected chi connectivity index (χ4v) is 3.79. The molecule has 0 unspecified atom stereocenters. The van der Waals surface area contributed by atoms with Crippen LogP contribution in [-0.2, 0) is 16.8 Å². The molecule has 3 aromatic carbocycles. The highest BCUT2D eigenvalue weighted by atomic mass is 19.3. The molecule has 3 aromatic rings. The van der Waals surface area contributed by atoms with E-state index in [1.54, 1.807) is 30.3 Å². The fraction of sp³-hybridized carbons (Fsp3) is 0.192. The van der Waals surface area contributed by atoms with Gasteiger partial charge in [-0.15, -0.1) is 4.91 Å². The van der Waals surface area contributed by atoms with E-state index in [4.69, 9.17) is 0 Å². The lowest BCUT2D eigenvalue weighted by Gasteiger charge is -2.37. The molecule has 0 heterocycles. The number of rotatable bonds is 10. The van der Waals surface area contributed by atoms with Gasteiger partial charge in [-0.2, -0.15) is 17.6 Å². The van der Waals surface area contributed by atoms with Gasteiger partial charge in [0.15, 0.2) is 0 Å². The monoisotopic (exact) mass is 538 g/mol. The fourth-order valence-electron chi connectivity index (χ4n) is 3.79. The van der Waals surface area contributed by atoms with E-state index in [0.29, 0.717) is 11.6 Å². The number of hydrogen-bond acceptors (Lipinski definition) is 5. The molecule has 0 aliphatic rings. The molecule has 2 N–H and O–H groups in total. The first kappa shape index (κ1) is 28.2. The van der Waals surface area contributed by atoms with E-state index >= 15 is 0 Å².